The van der Waals surface area contributed by atoms with Gasteiger partial charge >= 0.3 is 5.97 Å². The molecule has 0 saturated heterocycles. The lowest BCUT2D eigenvalue weighted by Crippen LogP contribution is -2.18. The maximum atomic E-state index is 10.7. The summed E-state index contributed by atoms with van der Waals surface area (Å²) in [6.07, 6.45) is -1.26. The number of carbonyl (C=O) groups is 1. The van der Waals surface area contributed by atoms with Crippen LogP contribution >= 0.6 is 0 Å². The highest BCUT2D eigenvalue weighted by atomic mass is 16.6. The zero-order valence-corrected chi connectivity index (χ0v) is 9.45. The Bertz CT molecular complexity index is 457. The van der Waals surface area contributed by atoms with Gasteiger partial charge in [-0.2, -0.15) is 0 Å². The number of rotatable bonds is 4. The molecule has 0 aliphatic heterocycles. The summed E-state index contributed by atoms with van der Waals surface area (Å²) in [4.78, 5) is 20.9. The highest BCUT2D eigenvalue weighted by molar-refractivity contribution is 5.70. The van der Waals surface area contributed by atoms with E-state index in [2.05, 4.69) is 0 Å². The molecule has 1 aromatic rings. The largest absolute Gasteiger partial charge is 0.481 e. The minimum absolute atomic E-state index is 0.126. The Kier molecular flexibility index (Phi) is 3.80. The first-order valence-corrected chi connectivity index (χ1v) is 5.00. The first-order chi connectivity index (χ1) is 7.84. The molecule has 17 heavy (non-hydrogen) atoms. The van der Waals surface area contributed by atoms with Crippen molar-refractivity contribution in [2.75, 3.05) is 0 Å². The molecule has 0 radical (unpaired) electrons. The second-order valence-electron chi connectivity index (χ2n) is 3.87. The van der Waals surface area contributed by atoms with Crippen LogP contribution in [0.25, 0.3) is 0 Å². The number of aliphatic hydroxyl groups excluding tert-OH is 1. The summed E-state index contributed by atoms with van der Waals surface area (Å²) in [6.45, 7) is 2.92. The van der Waals surface area contributed by atoms with Gasteiger partial charge in [0.05, 0.1) is 16.9 Å². The number of hydrogen-bond acceptors (Lipinski definition) is 4. The number of carboxylic acid groups (broad SMARTS) is 1. The zero-order valence-electron chi connectivity index (χ0n) is 9.45. The second-order valence-corrected chi connectivity index (χ2v) is 3.87. The average Bonchev–Trinajstić information content (AvgIpc) is 2.27. The maximum absolute atomic E-state index is 10.7. The molecule has 0 saturated carbocycles. The van der Waals surface area contributed by atoms with Crippen molar-refractivity contribution in [1.29, 1.82) is 0 Å². The Hall–Kier alpha value is -1.95. The van der Waals surface area contributed by atoms with E-state index in [1.807, 2.05) is 0 Å². The number of benzene rings is 1. The molecule has 2 atom stereocenters. The normalized spacial score (nSPS) is 14.1. The van der Waals surface area contributed by atoms with Crippen LogP contribution in [0, 0.1) is 23.0 Å². The van der Waals surface area contributed by atoms with Gasteiger partial charge in [0, 0.05) is 11.6 Å². The highest BCUT2D eigenvalue weighted by Crippen LogP contribution is 2.27. The summed E-state index contributed by atoms with van der Waals surface area (Å²) in [7, 11) is 0. The Morgan fingerprint density at radius 2 is 2.06 bits per heavy atom. The Morgan fingerprint density at radius 1 is 1.47 bits per heavy atom. The first-order valence-electron chi connectivity index (χ1n) is 5.00. The quantitative estimate of drug-likeness (QED) is 0.614. The third-order valence-electron chi connectivity index (χ3n) is 2.63. The van der Waals surface area contributed by atoms with Crippen LogP contribution in [-0.2, 0) is 4.79 Å². The molecule has 2 unspecified atom stereocenters. The van der Waals surface area contributed by atoms with E-state index >= 15 is 0 Å². The molecule has 0 aliphatic rings. The minimum atomic E-state index is -1.26. The third-order valence-corrected chi connectivity index (χ3v) is 2.63. The number of hydrogen-bond donors (Lipinski definition) is 2. The van der Waals surface area contributed by atoms with E-state index < -0.39 is 22.9 Å². The Labute approximate surface area is 97.7 Å². The lowest BCUT2D eigenvalue weighted by Gasteiger charge is -2.15. The molecule has 92 valence electrons. The molecular formula is C11H13NO5. The molecule has 1 aromatic carbocycles. The molecule has 0 fully saturated rings. The van der Waals surface area contributed by atoms with Crippen LogP contribution in [0.1, 0.15) is 24.2 Å². The van der Waals surface area contributed by atoms with Crippen LogP contribution in [0.4, 0.5) is 5.69 Å². The third kappa shape index (κ3) is 2.79. The number of nitro benzene ring substituents is 1. The van der Waals surface area contributed by atoms with Crippen molar-refractivity contribution < 1.29 is 19.9 Å². The van der Waals surface area contributed by atoms with Crippen LogP contribution in [0.5, 0.6) is 0 Å². The summed E-state index contributed by atoms with van der Waals surface area (Å²) in [5.41, 5.74) is 0.574. The van der Waals surface area contributed by atoms with Crippen molar-refractivity contribution in [3.05, 3.63) is 39.4 Å². The maximum Gasteiger partial charge on any atom is 0.309 e. The summed E-state index contributed by atoms with van der Waals surface area (Å²) in [6, 6.07) is 4.19. The van der Waals surface area contributed by atoms with Crippen molar-refractivity contribution in [2.24, 2.45) is 5.92 Å². The van der Waals surface area contributed by atoms with Gasteiger partial charge in [-0.25, -0.2) is 0 Å². The molecule has 2 N–H and O–H groups in total. The van der Waals surface area contributed by atoms with Gasteiger partial charge in [0.15, 0.2) is 0 Å². The number of nitrogens with zero attached hydrogens (tertiary/aromatic N) is 1. The monoisotopic (exact) mass is 239 g/mol. The molecule has 0 amide bonds. The fourth-order valence-electron chi connectivity index (χ4n) is 1.43. The number of nitro groups is 1. The van der Waals surface area contributed by atoms with Gasteiger partial charge in [-0.3, -0.25) is 14.9 Å². The highest BCUT2D eigenvalue weighted by Gasteiger charge is 2.24. The van der Waals surface area contributed by atoms with Crippen LogP contribution in [0.2, 0.25) is 0 Å². The molecule has 6 heteroatoms. The SMILES string of the molecule is Cc1ccc(C(O)C(C)C(=O)O)cc1[N+](=O)[O-]. The van der Waals surface area contributed by atoms with Crippen LogP contribution < -0.4 is 0 Å². The number of aliphatic carboxylic acids is 1. The molecular weight excluding hydrogens is 226 g/mol. The molecule has 0 aliphatic carbocycles. The van der Waals surface area contributed by atoms with E-state index in [4.69, 9.17) is 5.11 Å². The number of carboxylic acids is 1. The van der Waals surface area contributed by atoms with E-state index in [0.717, 1.165) is 0 Å². The van der Waals surface area contributed by atoms with Gasteiger partial charge in [-0.1, -0.05) is 12.1 Å². The van der Waals surface area contributed by atoms with Gasteiger partial charge < -0.3 is 10.2 Å². The van der Waals surface area contributed by atoms with Crippen LogP contribution in [0.15, 0.2) is 18.2 Å². The Morgan fingerprint density at radius 3 is 2.53 bits per heavy atom. The van der Waals surface area contributed by atoms with Crippen molar-refractivity contribution in [3.63, 3.8) is 0 Å². The number of aliphatic hydroxyl groups is 1. The van der Waals surface area contributed by atoms with Crippen molar-refractivity contribution in [3.8, 4) is 0 Å². The second kappa shape index (κ2) is 4.92. The predicted octanol–water partition coefficient (Wildman–Crippen LogP) is 1.66. The first kappa shape index (κ1) is 13.1. The predicted molar refractivity (Wildman–Crippen MR) is 59.6 cm³/mol. The van der Waals surface area contributed by atoms with Gasteiger partial charge in [0.2, 0.25) is 0 Å². The minimum Gasteiger partial charge on any atom is -0.481 e. The van der Waals surface area contributed by atoms with E-state index in [9.17, 15) is 20.0 Å². The summed E-state index contributed by atoms with van der Waals surface area (Å²) < 4.78 is 0. The molecule has 0 spiro atoms. The van der Waals surface area contributed by atoms with E-state index in [1.165, 1.54) is 25.1 Å². The molecule has 1 rings (SSSR count). The van der Waals surface area contributed by atoms with E-state index in [-0.39, 0.29) is 11.3 Å². The molecule has 0 aromatic heterocycles. The van der Waals surface area contributed by atoms with Crippen molar-refractivity contribution >= 4 is 11.7 Å². The molecule has 0 heterocycles. The van der Waals surface area contributed by atoms with Gasteiger partial charge in [0.1, 0.15) is 0 Å². The van der Waals surface area contributed by atoms with Gasteiger partial charge in [-0.15, -0.1) is 0 Å². The molecule has 6 nitrogen and oxygen atoms in total. The summed E-state index contributed by atoms with van der Waals surface area (Å²) >= 11 is 0. The van der Waals surface area contributed by atoms with Gasteiger partial charge in [-0.05, 0) is 19.4 Å². The Balaban J connectivity index is 3.11. The van der Waals surface area contributed by atoms with Crippen molar-refractivity contribution in [2.45, 2.75) is 20.0 Å². The summed E-state index contributed by atoms with van der Waals surface area (Å²) in [5, 5.41) is 29.2. The van der Waals surface area contributed by atoms with Gasteiger partial charge in [0.25, 0.3) is 5.69 Å². The van der Waals surface area contributed by atoms with E-state index in [0.29, 0.717) is 5.56 Å². The standard InChI is InChI=1S/C11H13NO5/c1-6-3-4-8(5-9(6)12(16)17)10(13)7(2)11(14)15/h3-5,7,10,13H,1-2H3,(H,14,15). The topological polar surface area (TPSA) is 101 Å². The van der Waals surface area contributed by atoms with Crippen molar-refractivity contribution in [1.82, 2.24) is 0 Å². The fraction of sp³-hybridized carbons (Fsp3) is 0.364. The number of aryl methyl sites for hydroxylation is 1. The zero-order chi connectivity index (χ0) is 13.2. The fourth-order valence-corrected chi connectivity index (χ4v) is 1.43. The average molecular weight is 239 g/mol. The van der Waals surface area contributed by atoms with Crippen LogP contribution in [-0.4, -0.2) is 21.1 Å². The lowest BCUT2D eigenvalue weighted by atomic mass is 9.96. The molecule has 0 bridgehead atoms. The van der Waals surface area contributed by atoms with E-state index in [1.54, 1.807) is 6.92 Å². The smallest absolute Gasteiger partial charge is 0.309 e. The van der Waals surface area contributed by atoms with Crippen LogP contribution in [0.3, 0.4) is 0 Å². The lowest BCUT2D eigenvalue weighted by molar-refractivity contribution is -0.385. The summed E-state index contributed by atoms with van der Waals surface area (Å²) in [5.74, 6) is -2.17.